The number of rotatable bonds is 4. The van der Waals surface area contributed by atoms with Gasteiger partial charge in [-0.3, -0.25) is 9.00 Å². The van der Waals surface area contributed by atoms with Crippen LogP contribution in [-0.4, -0.2) is 15.7 Å². The molecule has 1 aromatic rings. The molecule has 1 unspecified atom stereocenters. The number of Topliss-reactive ketones (excluding diaryl/α,β-unsaturated/α-hetero) is 1. The Balaban J connectivity index is 2.75. The van der Waals surface area contributed by atoms with Gasteiger partial charge in [0.2, 0.25) is 0 Å². The monoisotopic (exact) mass is 274 g/mol. The number of ketones is 1. The van der Waals surface area contributed by atoms with Crippen LogP contribution in [0.4, 0.5) is 0 Å². The lowest BCUT2D eigenvalue weighted by Gasteiger charge is -2.00. The highest BCUT2D eigenvalue weighted by atomic mass is 79.9. The van der Waals surface area contributed by atoms with Gasteiger partial charge in [0.1, 0.15) is 5.78 Å². The van der Waals surface area contributed by atoms with E-state index in [1.165, 1.54) is 0 Å². The average Bonchev–Trinajstić information content (AvgIpc) is 2.17. The fourth-order valence-electron chi connectivity index (χ4n) is 0.940. The molecule has 0 aromatic heterocycles. The van der Waals surface area contributed by atoms with Crippen molar-refractivity contribution in [3.05, 3.63) is 28.7 Å². The largest absolute Gasteiger partial charge is 0.299 e. The molecule has 1 rings (SSSR count). The van der Waals surface area contributed by atoms with E-state index >= 15 is 0 Å². The van der Waals surface area contributed by atoms with Crippen LogP contribution >= 0.6 is 15.9 Å². The summed E-state index contributed by atoms with van der Waals surface area (Å²) in [6.07, 6.45) is 0.444. The quantitative estimate of drug-likeness (QED) is 0.846. The summed E-state index contributed by atoms with van der Waals surface area (Å²) < 4.78 is 12.5. The van der Waals surface area contributed by atoms with E-state index in [9.17, 15) is 9.00 Å². The van der Waals surface area contributed by atoms with Crippen molar-refractivity contribution in [2.75, 3.05) is 5.75 Å². The van der Waals surface area contributed by atoms with E-state index in [-0.39, 0.29) is 11.5 Å². The van der Waals surface area contributed by atoms with Crippen LogP contribution in [0, 0.1) is 0 Å². The Kier molecular flexibility index (Phi) is 4.48. The molecule has 0 fully saturated rings. The van der Waals surface area contributed by atoms with E-state index in [0.29, 0.717) is 11.3 Å². The van der Waals surface area contributed by atoms with Gasteiger partial charge in [0, 0.05) is 15.8 Å². The standard InChI is InChI=1S/C10H11BrO2S/c1-2-9(12)7-14(13)10-5-3-4-8(11)6-10/h3-6H,2,7H2,1H3. The number of hydrogen-bond acceptors (Lipinski definition) is 2. The minimum atomic E-state index is -1.20. The highest BCUT2D eigenvalue weighted by Crippen LogP contribution is 2.14. The first-order valence-electron chi connectivity index (χ1n) is 4.29. The van der Waals surface area contributed by atoms with Crippen LogP contribution in [0.5, 0.6) is 0 Å². The zero-order valence-corrected chi connectivity index (χ0v) is 10.2. The van der Waals surface area contributed by atoms with E-state index in [1.807, 2.05) is 12.1 Å². The van der Waals surface area contributed by atoms with Crippen molar-refractivity contribution in [2.24, 2.45) is 0 Å². The Morgan fingerprint density at radius 2 is 2.21 bits per heavy atom. The van der Waals surface area contributed by atoms with Gasteiger partial charge in [-0.25, -0.2) is 0 Å². The Bertz CT molecular complexity index is 363. The molecule has 0 N–H and O–H groups in total. The van der Waals surface area contributed by atoms with Crippen molar-refractivity contribution in [1.82, 2.24) is 0 Å². The van der Waals surface area contributed by atoms with Crippen LogP contribution < -0.4 is 0 Å². The fraction of sp³-hybridized carbons (Fsp3) is 0.300. The lowest BCUT2D eigenvalue weighted by atomic mass is 10.4. The van der Waals surface area contributed by atoms with E-state index in [4.69, 9.17) is 0 Å². The Labute approximate surface area is 94.3 Å². The van der Waals surface area contributed by atoms with Gasteiger partial charge in [0.25, 0.3) is 0 Å². The third kappa shape index (κ3) is 3.35. The molecule has 2 nitrogen and oxygen atoms in total. The maximum Gasteiger partial charge on any atom is 0.145 e. The first-order valence-corrected chi connectivity index (χ1v) is 6.40. The van der Waals surface area contributed by atoms with Crippen molar-refractivity contribution in [3.63, 3.8) is 0 Å². The summed E-state index contributed by atoms with van der Waals surface area (Å²) in [5, 5.41) is 0. The maximum atomic E-state index is 11.6. The van der Waals surface area contributed by atoms with Gasteiger partial charge < -0.3 is 0 Å². The maximum absolute atomic E-state index is 11.6. The second kappa shape index (κ2) is 5.41. The van der Waals surface area contributed by atoms with E-state index in [2.05, 4.69) is 15.9 Å². The van der Waals surface area contributed by atoms with Crippen LogP contribution in [-0.2, 0) is 15.6 Å². The van der Waals surface area contributed by atoms with Gasteiger partial charge in [0.05, 0.1) is 16.6 Å². The molecule has 0 amide bonds. The van der Waals surface area contributed by atoms with E-state index in [0.717, 1.165) is 4.47 Å². The van der Waals surface area contributed by atoms with Gasteiger partial charge >= 0.3 is 0 Å². The number of benzene rings is 1. The lowest BCUT2D eigenvalue weighted by Crippen LogP contribution is -2.09. The van der Waals surface area contributed by atoms with Crippen molar-refractivity contribution < 1.29 is 9.00 Å². The molecule has 76 valence electrons. The van der Waals surface area contributed by atoms with E-state index < -0.39 is 10.8 Å². The first-order chi connectivity index (χ1) is 6.63. The molecule has 14 heavy (non-hydrogen) atoms. The van der Waals surface area contributed by atoms with Crippen LogP contribution in [0.1, 0.15) is 13.3 Å². The Morgan fingerprint density at radius 1 is 1.50 bits per heavy atom. The normalized spacial score (nSPS) is 12.4. The molecular formula is C10H11BrO2S. The summed E-state index contributed by atoms with van der Waals surface area (Å²) in [7, 11) is -1.20. The lowest BCUT2D eigenvalue weighted by molar-refractivity contribution is -0.116. The second-order valence-electron chi connectivity index (χ2n) is 2.84. The minimum Gasteiger partial charge on any atom is -0.299 e. The van der Waals surface area contributed by atoms with Crippen LogP contribution in [0.25, 0.3) is 0 Å². The van der Waals surface area contributed by atoms with E-state index in [1.54, 1.807) is 19.1 Å². The third-order valence-electron chi connectivity index (χ3n) is 1.75. The smallest absolute Gasteiger partial charge is 0.145 e. The number of hydrogen-bond donors (Lipinski definition) is 0. The Morgan fingerprint density at radius 3 is 2.79 bits per heavy atom. The summed E-state index contributed by atoms with van der Waals surface area (Å²) in [5.41, 5.74) is 0. The van der Waals surface area contributed by atoms with Gasteiger partial charge in [-0.1, -0.05) is 28.9 Å². The van der Waals surface area contributed by atoms with Gasteiger partial charge in [-0.05, 0) is 18.2 Å². The molecule has 0 heterocycles. The van der Waals surface area contributed by atoms with Gasteiger partial charge in [-0.2, -0.15) is 0 Å². The molecule has 4 heteroatoms. The van der Waals surface area contributed by atoms with Crippen molar-refractivity contribution in [3.8, 4) is 0 Å². The molecule has 0 bridgehead atoms. The third-order valence-corrected chi connectivity index (χ3v) is 3.60. The molecule has 0 aliphatic carbocycles. The zero-order chi connectivity index (χ0) is 10.6. The molecule has 0 saturated heterocycles. The zero-order valence-electron chi connectivity index (χ0n) is 7.83. The predicted molar refractivity (Wildman–Crippen MR) is 60.7 cm³/mol. The number of carbonyl (C=O) groups excluding carboxylic acids is 1. The van der Waals surface area contributed by atoms with Crippen LogP contribution in [0.15, 0.2) is 33.6 Å². The SMILES string of the molecule is CCC(=O)CS(=O)c1cccc(Br)c1. The van der Waals surface area contributed by atoms with Crippen LogP contribution in [0.2, 0.25) is 0 Å². The first kappa shape index (κ1) is 11.6. The molecule has 0 saturated carbocycles. The summed E-state index contributed by atoms with van der Waals surface area (Å²) in [6, 6.07) is 7.22. The molecule has 1 aromatic carbocycles. The predicted octanol–water partition coefficient (Wildman–Crippen LogP) is 2.54. The summed E-state index contributed by atoms with van der Waals surface area (Å²) in [6.45, 7) is 1.78. The highest BCUT2D eigenvalue weighted by Gasteiger charge is 2.08. The minimum absolute atomic E-state index is 0.0308. The Hall–Kier alpha value is -0.480. The average molecular weight is 275 g/mol. The second-order valence-corrected chi connectivity index (χ2v) is 5.21. The fourth-order valence-corrected chi connectivity index (χ4v) is 2.64. The number of carbonyl (C=O) groups is 1. The molecule has 0 aliphatic rings. The van der Waals surface area contributed by atoms with Gasteiger partial charge in [-0.15, -0.1) is 0 Å². The summed E-state index contributed by atoms with van der Waals surface area (Å²) >= 11 is 3.29. The topological polar surface area (TPSA) is 34.1 Å². The molecule has 1 atom stereocenters. The summed E-state index contributed by atoms with van der Waals surface area (Å²) in [5.74, 6) is 0.149. The van der Waals surface area contributed by atoms with Crippen molar-refractivity contribution >= 4 is 32.5 Å². The molecule has 0 radical (unpaired) electrons. The van der Waals surface area contributed by atoms with Crippen molar-refractivity contribution in [2.45, 2.75) is 18.2 Å². The summed E-state index contributed by atoms with van der Waals surface area (Å²) in [4.78, 5) is 11.8. The number of halogens is 1. The van der Waals surface area contributed by atoms with Crippen LogP contribution in [0.3, 0.4) is 0 Å². The molecule has 0 aliphatic heterocycles. The van der Waals surface area contributed by atoms with Gasteiger partial charge in [0.15, 0.2) is 0 Å². The highest BCUT2D eigenvalue weighted by molar-refractivity contribution is 9.10. The molecule has 0 spiro atoms. The van der Waals surface area contributed by atoms with Crippen molar-refractivity contribution in [1.29, 1.82) is 0 Å². The molecular weight excluding hydrogens is 264 g/mol.